The van der Waals surface area contributed by atoms with E-state index in [4.69, 9.17) is 21.1 Å². The number of amides is 1. The number of hydrogen-bond acceptors (Lipinski definition) is 5. The van der Waals surface area contributed by atoms with Crippen LogP contribution in [0.15, 0.2) is 18.2 Å². The number of carbonyl (C=O) groups excluding carboxylic acids is 2. The molecule has 1 amide bonds. The van der Waals surface area contributed by atoms with Crippen molar-refractivity contribution in [2.75, 3.05) is 25.1 Å². The van der Waals surface area contributed by atoms with E-state index in [2.05, 4.69) is 10.6 Å². The van der Waals surface area contributed by atoms with Gasteiger partial charge in [0.1, 0.15) is 11.9 Å². The van der Waals surface area contributed by atoms with E-state index in [-0.39, 0.29) is 22.7 Å². The minimum Gasteiger partial charge on any atom is -0.454 e. The van der Waals surface area contributed by atoms with Crippen molar-refractivity contribution >= 4 is 29.2 Å². The van der Waals surface area contributed by atoms with Crippen molar-refractivity contribution in [3.63, 3.8) is 0 Å². The van der Waals surface area contributed by atoms with Crippen LogP contribution in [0.4, 0.5) is 10.1 Å². The zero-order valence-electron chi connectivity index (χ0n) is 14.9. The highest BCUT2D eigenvalue weighted by molar-refractivity contribution is 6.33. The summed E-state index contributed by atoms with van der Waals surface area (Å²) in [6.07, 6.45) is 1.67. The van der Waals surface area contributed by atoms with E-state index in [0.717, 1.165) is 18.9 Å². The highest BCUT2D eigenvalue weighted by Crippen LogP contribution is 2.22. The molecule has 2 N–H and O–H groups in total. The molecule has 1 fully saturated rings. The Labute approximate surface area is 157 Å². The van der Waals surface area contributed by atoms with E-state index in [0.29, 0.717) is 13.2 Å². The number of nitrogens with one attached hydrogen (secondary N) is 2. The minimum atomic E-state index is -0.541. The number of halogens is 2. The van der Waals surface area contributed by atoms with E-state index in [1.807, 2.05) is 13.8 Å². The maximum absolute atomic E-state index is 13.0. The number of anilines is 1. The standard InChI is InChI=1S/C18H24ClFN2O4/c1-11(2)17(21-13-5-7-25-8-6-13)18(24)26-10-16(23)22-15-4-3-12(20)9-14(15)19/h3-4,9,11,13,17,21H,5-8,10H2,1-2H3,(H,22,23)/t17-/m1/s1. The van der Waals surface area contributed by atoms with Crippen LogP contribution in [0.3, 0.4) is 0 Å². The topological polar surface area (TPSA) is 76.7 Å². The Morgan fingerprint density at radius 2 is 2.04 bits per heavy atom. The fourth-order valence-corrected chi connectivity index (χ4v) is 2.87. The van der Waals surface area contributed by atoms with E-state index < -0.39 is 30.3 Å². The maximum atomic E-state index is 13.0. The fraction of sp³-hybridized carbons (Fsp3) is 0.556. The molecule has 26 heavy (non-hydrogen) atoms. The molecule has 1 aromatic rings. The van der Waals surface area contributed by atoms with Crippen molar-refractivity contribution in [2.24, 2.45) is 5.92 Å². The molecule has 0 radical (unpaired) electrons. The molecule has 0 unspecified atom stereocenters. The van der Waals surface area contributed by atoms with Crippen molar-refractivity contribution in [1.82, 2.24) is 5.32 Å². The van der Waals surface area contributed by atoms with Gasteiger partial charge in [0.05, 0.1) is 10.7 Å². The highest BCUT2D eigenvalue weighted by atomic mass is 35.5. The fourth-order valence-electron chi connectivity index (χ4n) is 2.65. The van der Waals surface area contributed by atoms with Gasteiger partial charge in [-0.1, -0.05) is 25.4 Å². The van der Waals surface area contributed by atoms with Crippen LogP contribution < -0.4 is 10.6 Å². The summed E-state index contributed by atoms with van der Waals surface area (Å²) in [5, 5.41) is 5.86. The lowest BCUT2D eigenvalue weighted by atomic mass is 10.0. The normalized spacial score (nSPS) is 16.3. The summed E-state index contributed by atoms with van der Waals surface area (Å²) in [6, 6.07) is 3.31. The van der Waals surface area contributed by atoms with Gasteiger partial charge in [-0.05, 0) is 37.0 Å². The summed E-state index contributed by atoms with van der Waals surface area (Å²) in [6.45, 7) is 4.72. The van der Waals surface area contributed by atoms with E-state index in [1.165, 1.54) is 12.1 Å². The molecular formula is C18H24ClFN2O4. The van der Waals surface area contributed by atoms with Crippen molar-refractivity contribution in [3.8, 4) is 0 Å². The first-order valence-corrected chi connectivity index (χ1v) is 9.00. The lowest BCUT2D eigenvalue weighted by Gasteiger charge is -2.29. The third kappa shape index (κ3) is 6.23. The Hall–Kier alpha value is -1.70. The predicted octanol–water partition coefficient (Wildman–Crippen LogP) is 2.75. The second kappa shape index (κ2) is 9.85. The minimum absolute atomic E-state index is 0.0138. The van der Waals surface area contributed by atoms with Crippen LogP contribution in [0.2, 0.25) is 5.02 Å². The molecule has 2 rings (SSSR count). The van der Waals surface area contributed by atoms with Gasteiger partial charge in [0.25, 0.3) is 5.91 Å². The molecule has 1 heterocycles. The van der Waals surface area contributed by atoms with Crippen molar-refractivity contribution < 1.29 is 23.5 Å². The van der Waals surface area contributed by atoms with Gasteiger partial charge in [-0.15, -0.1) is 0 Å². The van der Waals surface area contributed by atoms with Gasteiger partial charge < -0.3 is 20.1 Å². The predicted molar refractivity (Wildman–Crippen MR) is 96.6 cm³/mol. The third-order valence-electron chi connectivity index (χ3n) is 4.11. The van der Waals surface area contributed by atoms with Crippen molar-refractivity contribution in [2.45, 2.75) is 38.8 Å². The lowest BCUT2D eigenvalue weighted by Crippen LogP contribution is -2.49. The molecule has 6 nitrogen and oxygen atoms in total. The van der Waals surface area contributed by atoms with Crippen LogP contribution in [0.1, 0.15) is 26.7 Å². The second-order valence-corrected chi connectivity index (χ2v) is 6.96. The van der Waals surface area contributed by atoms with Crippen LogP contribution in [0.25, 0.3) is 0 Å². The van der Waals surface area contributed by atoms with Crippen LogP contribution in [0.5, 0.6) is 0 Å². The largest absolute Gasteiger partial charge is 0.454 e. The van der Waals surface area contributed by atoms with E-state index >= 15 is 0 Å². The number of rotatable bonds is 7. The molecule has 0 aromatic heterocycles. The number of benzene rings is 1. The van der Waals surface area contributed by atoms with Crippen LogP contribution in [0, 0.1) is 11.7 Å². The summed E-state index contributed by atoms with van der Waals surface area (Å²) in [7, 11) is 0. The number of esters is 1. The average Bonchev–Trinajstić information content (AvgIpc) is 2.60. The van der Waals surface area contributed by atoms with Crippen molar-refractivity contribution in [1.29, 1.82) is 0 Å². The van der Waals surface area contributed by atoms with Gasteiger partial charge in [-0.25, -0.2) is 4.39 Å². The van der Waals surface area contributed by atoms with Crippen LogP contribution >= 0.6 is 11.6 Å². The van der Waals surface area contributed by atoms with Gasteiger partial charge in [-0.3, -0.25) is 9.59 Å². The zero-order valence-corrected chi connectivity index (χ0v) is 15.6. The molecule has 0 spiro atoms. The zero-order chi connectivity index (χ0) is 19.1. The number of hydrogen-bond donors (Lipinski definition) is 2. The Morgan fingerprint density at radius 1 is 1.35 bits per heavy atom. The van der Waals surface area contributed by atoms with Gasteiger partial charge in [0, 0.05) is 19.3 Å². The van der Waals surface area contributed by atoms with Gasteiger partial charge >= 0.3 is 5.97 Å². The molecule has 144 valence electrons. The summed E-state index contributed by atoms with van der Waals surface area (Å²) < 4.78 is 23.5. The highest BCUT2D eigenvalue weighted by Gasteiger charge is 2.28. The first-order chi connectivity index (χ1) is 12.4. The Balaban J connectivity index is 1.85. The molecule has 0 saturated carbocycles. The summed E-state index contributed by atoms with van der Waals surface area (Å²) in [5.41, 5.74) is 0.259. The quantitative estimate of drug-likeness (QED) is 0.705. The lowest BCUT2D eigenvalue weighted by molar-refractivity contribution is -0.151. The second-order valence-electron chi connectivity index (χ2n) is 6.56. The van der Waals surface area contributed by atoms with E-state index in [9.17, 15) is 14.0 Å². The Kier molecular flexibility index (Phi) is 7.81. The molecule has 0 bridgehead atoms. The first-order valence-electron chi connectivity index (χ1n) is 8.62. The molecule has 8 heteroatoms. The van der Waals surface area contributed by atoms with Gasteiger partial charge in [0.2, 0.25) is 0 Å². The molecular weight excluding hydrogens is 363 g/mol. The van der Waals surface area contributed by atoms with Crippen molar-refractivity contribution in [3.05, 3.63) is 29.0 Å². The number of ether oxygens (including phenoxy) is 2. The average molecular weight is 387 g/mol. The Morgan fingerprint density at radius 3 is 2.65 bits per heavy atom. The first kappa shape index (κ1) is 20.6. The molecule has 1 atom stereocenters. The summed E-state index contributed by atoms with van der Waals surface area (Å²) in [5.74, 6) is -1.51. The monoisotopic (exact) mass is 386 g/mol. The molecule has 0 aliphatic carbocycles. The third-order valence-corrected chi connectivity index (χ3v) is 4.42. The molecule has 1 saturated heterocycles. The SMILES string of the molecule is CC(C)[C@@H](NC1CCOCC1)C(=O)OCC(=O)Nc1ccc(F)cc1Cl. The number of carbonyl (C=O) groups is 2. The van der Waals surface area contributed by atoms with Gasteiger partial charge in [0.15, 0.2) is 6.61 Å². The summed E-state index contributed by atoms with van der Waals surface area (Å²) in [4.78, 5) is 24.3. The molecule has 1 aliphatic heterocycles. The Bertz CT molecular complexity index is 636. The molecule has 1 aromatic carbocycles. The summed E-state index contributed by atoms with van der Waals surface area (Å²) >= 11 is 5.85. The maximum Gasteiger partial charge on any atom is 0.323 e. The van der Waals surface area contributed by atoms with Crippen LogP contribution in [-0.4, -0.2) is 43.8 Å². The molecule has 1 aliphatic rings. The smallest absolute Gasteiger partial charge is 0.323 e. The van der Waals surface area contributed by atoms with Crippen LogP contribution in [-0.2, 0) is 19.1 Å². The van der Waals surface area contributed by atoms with Gasteiger partial charge in [-0.2, -0.15) is 0 Å². The van der Waals surface area contributed by atoms with E-state index in [1.54, 1.807) is 0 Å².